The van der Waals surface area contributed by atoms with E-state index < -0.39 is 0 Å². The van der Waals surface area contributed by atoms with Gasteiger partial charge in [-0.05, 0) is 29.1 Å². The second-order valence-corrected chi connectivity index (χ2v) is 6.08. The van der Waals surface area contributed by atoms with E-state index in [-0.39, 0.29) is 0 Å². The maximum atomic E-state index is 4.53. The van der Waals surface area contributed by atoms with Crippen LogP contribution in [0, 0.1) is 0 Å². The number of aromatic nitrogens is 3. The molecule has 0 atom stereocenters. The monoisotopic (exact) mass is 318 g/mol. The lowest BCUT2D eigenvalue weighted by Crippen LogP contribution is -1.97. The van der Waals surface area contributed by atoms with Crippen LogP contribution in [0.5, 0.6) is 0 Å². The van der Waals surface area contributed by atoms with E-state index in [1.54, 1.807) is 17.7 Å². The minimum Gasteiger partial charge on any atom is -0.338 e. The number of thiophene rings is 1. The number of fused-ring (bicyclic) bond motifs is 1. The Bertz CT molecular complexity index is 917. The molecular weight excluding hydrogens is 304 g/mol. The Kier molecular flexibility index (Phi) is 3.70. The molecule has 0 bridgehead atoms. The normalized spacial score (nSPS) is 10.8. The number of anilines is 2. The van der Waals surface area contributed by atoms with Gasteiger partial charge in [0.05, 0.1) is 17.3 Å². The van der Waals surface area contributed by atoms with Crippen molar-refractivity contribution in [3.05, 3.63) is 77.7 Å². The summed E-state index contributed by atoms with van der Waals surface area (Å²) in [6.07, 6.45) is 4.26. The molecule has 23 heavy (non-hydrogen) atoms. The standard InChI is InChI=1S/C18H14N4S/c1-2-4-13(5-3-1)10-14-6-7-15(11-19-14)22-17-16-8-9-23-18(16)21-12-20-17/h1-9,11-12H,10H2,(H,20,21,22). The third kappa shape index (κ3) is 3.05. The predicted octanol–water partition coefficient (Wildman–Crippen LogP) is 4.42. The average Bonchev–Trinajstić information content (AvgIpc) is 3.07. The smallest absolute Gasteiger partial charge is 0.142 e. The Morgan fingerprint density at radius 2 is 1.83 bits per heavy atom. The van der Waals surface area contributed by atoms with Crippen LogP contribution >= 0.6 is 11.3 Å². The molecule has 0 fully saturated rings. The van der Waals surface area contributed by atoms with Crippen LogP contribution in [0.2, 0.25) is 0 Å². The lowest BCUT2D eigenvalue weighted by Gasteiger charge is -2.07. The van der Waals surface area contributed by atoms with Gasteiger partial charge in [0.25, 0.3) is 0 Å². The molecule has 5 heteroatoms. The number of hydrogen-bond acceptors (Lipinski definition) is 5. The van der Waals surface area contributed by atoms with Crippen molar-refractivity contribution in [2.45, 2.75) is 6.42 Å². The zero-order valence-corrected chi connectivity index (χ0v) is 13.1. The van der Waals surface area contributed by atoms with Crippen LogP contribution in [0.4, 0.5) is 11.5 Å². The topological polar surface area (TPSA) is 50.7 Å². The summed E-state index contributed by atoms with van der Waals surface area (Å²) >= 11 is 1.61. The maximum absolute atomic E-state index is 4.53. The molecule has 1 N–H and O–H groups in total. The minimum atomic E-state index is 0.814. The Labute approximate surface area is 137 Å². The molecule has 4 aromatic rings. The largest absolute Gasteiger partial charge is 0.338 e. The van der Waals surface area contributed by atoms with Crippen molar-refractivity contribution < 1.29 is 0 Å². The van der Waals surface area contributed by atoms with Gasteiger partial charge >= 0.3 is 0 Å². The van der Waals surface area contributed by atoms with Crippen LogP contribution in [0.1, 0.15) is 11.3 Å². The Balaban J connectivity index is 1.53. The SMILES string of the molecule is c1ccc(Cc2ccc(Nc3ncnc4sccc34)cn2)cc1. The first kappa shape index (κ1) is 13.8. The fourth-order valence-corrected chi connectivity index (χ4v) is 3.17. The highest BCUT2D eigenvalue weighted by atomic mass is 32.1. The summed E-state index contributed by atoms with van der Waals surface area (Å²) in [5, 5.41) is 6.37. The molecule has 0 spiro atoms. The molecule has 0 aliphatic heterocycles. The van der Waals surface area contributed by atoms with Crippen LogP contribution < -0.4 is 5.32 Å². The van der Waals surface area contributed by atoms with Crippen LogP contribution in [0.15, 0.2) is 66.4 Å². The summed E-state index contributed by atoms with van der Waals surface area (Å²) in [6, 6.07) is 16.5. The molecule has 0 saturated carbocycles. The molecule has 3 aromatic heterocycles. The van der Waals surface area contributed by atoms with E-state index in [9.17, 15) is 0 Å². The summed E-state index contributed by atoms with van der Waals surface area (Å²) < 4.78 is 0. The van der Waals surface area contributed by atoms with Crippen molar-refractivity contribution in [3.63, 3.8) is 0 Å². The second kappa shape index (κ2) is 6.14. The zero-order chi connectivity index (χ0) is 15.5. The second-order valence-electron chi connectivity index (χ2n) is 5.19. The summed E-state index contributed by atoms with van der Waals surface area (Å²) in [5.41, 5.74) is 3.23. The van der Waals surface area contributed by atoms with Crippen molar-refractivity contribution in [2.24, 2.45) is 0 Å². The van der Waals surface area contributed by atoms with Gasteiger partial charge < -0.3 is 5.32 Å². The third-order valence-electron chi connectivity index (χ3n) is 3.58. The number of benzene rings is 1. The Morgan fingerprint density at radius 3 is 2.65 bits per heavy atom. The van der Waals surface area contributed by atoms with Gasteiger partial charge in [0.1, 0.15) is 17.0 Å². The van der Waals surface area contributed by atoms with E-state index >= 15 is 0 Å². The van der Waals surface area contributed by atoms with Gasteiger partial charge in [-0.25, -0.2) is 9.97 Å². The van der Waals surface area contributed by atoms with Gasteiger partial charge in [0.15, 0.2) is 0 Å². The van der Waals surface area contributed by atoms with E-state index in [0.717, 1.165) is 33.8 Å². The molecule has 1 aromatic carbocycles. The van der Waals surface area contributed by atoms with Gasteiger partial charge in [-0.15, -0.1) is 11.3 Å². The molecule has 0 aliphatic rings. The van der Waals surface area contributed by atoms with Crippen LogP contribution in [0.25, 0.3) is 10.2 Å². The van der Waals surface area contributed by atoms with E-state index in [1.807, 2.05) is 48.0 Å². The van der Waals surface area contributed by atoms with Crippen LogP contribution in [-0.2, 0) is 6.42 Å². The van der Waals surface area contributed by atoms with E-state index in [0.29, 0.717) is 0 Å². The molecule has 0 saturated heterocycles. The summed E-state index contributed by atoms with van der Waals surface area (Å²) in [4.78, 5) is 14.1. The zero-order valence-electron chi connectivity index (χ0n) is 12.3. The van der Waals surface area contributed by atoms with Crippen molar-refractivity contribution in [1.82, 2.24) is 15.0 Å². The average molecular weight is 318 g/mol. The number of nitrogens with one attached hydrogen (secondary N) is 1. The van der Waals surface area contributed by atoms with Crippen LogP contribution in [0.3, 0.4) is 0 Å². The first-order chi connectivity index (χ1) is 11.4. The van der Waals surface area contributed by atoms with Gasteiger partial charge in [-0.3, -0.25) is 4.98 Å². The van der Waals surface area contributed by atoms with Crippen molar-refractivity contribution in [3.8, 4) is 0 Å². The van der Waals surface area contributed by atoms with Gasteiger partial charge in [-0.1, -0.05) is 30.3 Å². The molecule has 4 rings (SSSR count). The van der Waals surface area contributed by atoms with Crippen molar-refractivity contribution >= 4 is 33.1 Å². The van der Waals surface area contributed by atoms with Crippen molar-refractivity contribution in [1.29, 1.82) is 0 Å². The first-order valence-corrected chi connectivity index (χ1v) is 8.20. The number of nitrogens with zero attached hydrogens (tertiary/aromatic N) is 3. The molecule has 0 unspecified atom stereocenters. The van der Waals surface area contributed by atoms with E-state index in [1.165, 1.54) is 5.56 Å². The Hall–Kier alpha value is -2.79. The lowest BCUT2D eigenvalue weighted by molar-refractivity contribution is 1.07. The highest BCUT2D eigenvalue weighted by Gasteiger charge is 2.05. The van der Waals surface area contributed by atoms with Gasteiger partial charge in [-0.2, -0.15) is 0 Å². The third-order valence-corrected chi connectivity index (χ3v) is 4.40. The van der Waals surface area contributed by atoms with E-state index in [4.69, 9.17) is 0 Å². The fraction of sp³-hybridized carbons (Fsp3) is 0.0556. The number of rotatable bonds is 4. The highest BCUT2D eigenvalue weighted by Crippen LogP contribution is 2.26. The molecule has 0 amide bonds. The molecule has 0 radical (unpaired) electrons. The van der Waals surface area contributed by atoms with Gasteiger partial charge in [0, 0.05) is 12.1 Å². The molecule has 112 valence electrons. The molecule has 0 aliphatic carbocycles. The predicted molar refractivity (Wildman–Crippen MR) is 94.2 cm³/mol. The fourth-order valence-electron chi connectivity index (χ4n) is 2.43. The highest BCUT2D eigenvalue weighted by molar-refractivity contribution is 7.16. The van der Waals surface area contributed by atoms with Crippen molar-refractivity contribution in [2.75, 3.05) is 5.32 Å². The van der Waals surface area contributed by atoms with Gasteiger partial charge in [0.2, 0.25) is 0 Å². The quantitative estimate of drug-likeness (QED) is 0.605. The lowest BCUT2D eigenvalue weighted by atomic mass is 10.1. The molecule has 3 heterocycles. The van der Waals surface area contributed by atoms with E-state index in [2.05, 4.69) is 32.4 Å². The van der Waals surface area contributed by atoms with Crippen LogP contribution in [-0.4, -0.2) is 15.0 Å². The Morgan fingerprint density at radius 1 is 0.913 bits per heavy atom. The summed E-state index contributed by atoms with van der Waals surface area (Å²) in [6.45, 7) is 0. The number of hydrogen-bond donors (Lipinski definition) is 1. The molecule has 4 nitrogen and oxygen atoms in total. The molecular formula is C18H14N4S. The summed E-state index contributed by atoms with van der Waals surface area (Å²) in [7, 11) is 0. The number of pyridine rings is 1. The maximum Gasteiger partial charge on any atom is 0.142 e. The first-order valence-electron chi connectivity index (χ1n) is 7.32. The summed E-state index contributed by atoms with van der Waals surface area (Å²) in [5.74, 6) is 0.814. The minimum absolute atomic E-state index is 0.814.